The minimum Gasteiger partial charge on any atom is -0.300 e. The summed E-state index contributed by atoms with van der Waals surface area (Å²) in [6.45, 7) is 20.3. The second-order valence-electron chi connectivity index (χ2n) is 7.85. The van der Waals surface area contributed by atoms with Crippen molar-refractivity contribution in [3.8, 4) is 0 Å². The number of rotatable bonds is 12. The number of allylic oxidation sites excluding steroid dienone is 5. The van der Waals surface area contributed by atoms with Gasteiger partial charge in [-0.15, -0.1) is 0 Å². The van der Waals surface area contributed by atoms with Gasteiger partial charge in [0.05, 0.1) is 5.70 Å². The van der Waals surface area contributed by atoms with Gasteiger partial charge in [0.15, 0.2) is 5.78 Å². The van der Waals surface area contributed by atoms with E-state index in [0.717, 1.165) is 29.7 Å². The quantitative estimate of drug-likeness (QED) is 0.210. The van der Waals surface area contributed by atoms with Crippen LogP contribution in [0.1, 0.15) is 81.1 Å². The lowest BCUT2D eigenvalue weighted by Gasteiger charge is -2.17. The van der Waals surface area contributed by atoms with Gasteiger partial charge in [-0.2, -0.15) is 0 Å². The first-order valence-electron chi connectivity index (χ1n) is 10.4. The predicted molar refractivity (Wildman–Crippen MR) is 122 cm³/mol. The monoisotopic (exact) mass is 385 g/mol. The molecule has 0 aliphatic carbocycles. The minimum atomic E-state index is -0.0837. The summed E-state index contributed by atoms with van der Waals surface area (Å²) in [5, 5.41) is 0. The number of nitrogens with zero attached hydrogens (tertiary/aromatic N) is 1. The summed E-state index contributed by atoms with van der Waals surface area (Å²) in [6, 6.07) is 0. The molecule has 0 aliphatic heterocycles. The van der Waals surface area contributed by atoms with Crippen LogP contribution in [0, 0.1) is 11.8 Å². The fraction of sp³-hybridized carbons (Fsp3) is 0.560. The smallest absolute Gasteiger partial charge is 0.162 e. The van der Waals surface area contributed by atoms with Gasteiger partial charge in [0.1, 0.15) is 5.78 Å². The van der Waals surface area contributed by atoms with Gasteiger partial charge in [-0.1, -0.05) is 47.3 Å². The SMILES string of the molecule is C=C(/C=C(C)/C(=C\CC)C(N=CC(C)CC)=C(C)C(C)C)C(=O)CCC(C)=O. The van der Waals surface area contributed by atoms with Crippen LogP contribution < -0.4 is 0 Å². The van der Waals surface area contributed by atoms with Crippen molar-refractivity contribution < 1.29 is 9.59 Å². The van der Waals surface area contributed by atoms with Gasteiger partial charge in [0.2, 0.25) is 0 Å². The van der Waals surface area contributed by atoms with Gasteiger partial charge in [0.25, 0.3) is 0 Å². The number of aliphatic imine (C=N–C) groups is 1. The molecule has 0 amide bonds. The Labute approximate surface area is 172 Å². The summed E-state index contributed by atoms with van der Waals surface area (Å²) >= 11 is 0. The largest absolute Gasteiger partial charge is 0.300 e. The third kappa shape index (κ3) is 9.25. The van der Waals surface area contributed by atoms with E-state index in [9.17, 15) is 9.59 Å². The Kier molecular flexibility index (Phi) is 12.2. The molecule has 0 aromatic rings. The van der Waals surface area contributed by atoms with Gasteiger partial charge >= 0.3 is 0 Å². The molecule has 3 heteroatoms. The molecular weight excluding hydrogens is 346 g/mol. The lowest BCUT2D eigenvalue weighted by molar-refractivity contribution is -0.121. The van der Waals surface area contributed by atoms with Gasteiger partial charge in [-0.25, -0.2) is 0 Å². The molecule has 1 unspecified atom stereocenters. The maximum absolute atomic E-state index is 12.3. The van der Waals surface area contributed by atoms with Crippen LogP contribution >= 0.6 is 0 Å². The van der Waals surface area contributed by atoms with Gasteiger partial charge in [-0.05, 0) is 68.2 Å². The molecule has 0 heterocycles. The van der Waals surface area contributed by atoms with Gasteiger partial charge < -0.3 is 4.79 Å². The Morgan fingerprint density at radius 3 is 2.11 bits per heavy atom. The number of Topliss-reactive ketones (excluding diaryl/α,β-unsaturated/α-hetero) is 2. The number of carbonyl (C=O) groups is 2. The number of carbonyl (C=O) groups excluding carboxylic acids is 2. The average molecular weight is 386 g/mol. The van der Waals surface area contributed by atoms with Crippen molar-refractivity contribution in [1.29, 1.82) is 0 Å². The second-order valence-corrected chi connectivity index (χ2v) is 7.85. The van der Waals surface area contributed by atoms with Crippen molar-refractivity contribution in [2.75, 3.05) is 0 Å². The summed E-state index contributed by atoms with van der Waals surface area (Å²) in [6.07, 6.45) is 8.40. The van der Waals surface area contributed by atoms with Crippen LogP contribution in [0.4, 0.5) is 0 Å². The van der Waals surface area contributed by atoms with Crippen molar-refractivity contribution in [3.05, 3.63) is 46.7 Å². The van der Waals surface area contributed by atoms with Crippen LogP contribution in [0.25, 0.3) is 0 Å². The zero-order valence-electron chi connectivity index (χ0n) is 19.2. The maximum atomic E-state index is 12.3. The third-order valence-electron chi connectivity index (χ3n) is 4.88. The molecule has 0 bridgehead atoms. The molecule has 3 nitrogen and oxygen atoms in total. The lowest BCUT2D eigenvalue weighted by Crippen LogP contribution is -2.05. The molecule has 0 saturated heterocycles. The molecule has 1 atom stereocenters. The van der Waals surface area contributed by atoms with Crippen LogP contribution in [-0.4, -0.2) is 17.8 Å². The first kappa shape index (κ1) is 26.0. The van der Waals surface area contributed by atoms with Gasteiger partial charge in [-0.3, -0.25) is 9.79 Å². The van der Waals surface area contributed by atoms with E-state index in [0.29, 0.717) is 17.4 Å². The molecular formula is C25H39NO2. The van der Waals surface area contributed by atoms with Crippen molar-refractivity contribution in [1.82, 2.24) is 0 Å². The summed E-state index contributed by atoms with van der Waals surface area (Å²) in [5.74, 6) is 0.716. The van der Waals surface area contributed by atoms with E-state index in [1.165, 1.54) is 12.5 Å². The minimum absolute atomic E-state index is 0.0191. The zero-order chi connectivity index (χ0) is 21.9. The molecule has 0 fully saturated rings. The molecule has 0 aromatic carbocycles. The highest BCUT2D eigenvalue weighted by Crippen LogP contribution is 2.28. The number of hydrogen-bond acceptors (Lipinski definition) is 3. The van der Waals surface area contributed by atoms with E-state index in [1.807, 2.05) is 19.2 Å². The van der Waals surface area contributed by atoms with E-state index in [1.54, 1.807) is 0 Å². The number of hydrogen-bond donors (Lipinski definition) is 0. The predicted octanol–water partition coefficient (Wildman–Crippen LogP) is 6.81. The summed E-state index contributed by atoms with van der Waals surface area (Å²) in [5.41, 5.74) is 4.66. The van der Waals surface area contributed by atoms with E-state index < -0.39 is 0 Å². The maximum Gasteiger partial charge on any atom is 0.162 e. The molecule has 0 rings (SSSR count). The van der Waals surface area contributed by atoms with Crippen LogP contribution in [-0.2, 0) is 9.59 Å². The van der Waals surface area contributed by atoms with Crippen LogP contribution in [0.3, 0.4) is 0 Å². The fourth-order valence-electron chi connectivity index (χ4n) is 2.48. The highest BCUT2D eigenvalue weighted by atomic mass is 16.1. The van der Waals surface area contributed by atoms with Crippen LogP contribution in [0.2, 0.25) is 0 Å². The van der Waals surface area contributed by atoms with Crippen molar-refractivity contribution in [2.24, 2.45) is 16.8 Å². The molecule has 28 heavy (non-hydrogen) atoms. The number of ketones is 2. The zero-order valence-corrected chi connectivity index (χ0v) is 19.2. The molecule has 0 radical (unpaired) electrons. The van der Waals surface area contributed by atoms with Crippen molar-refractivity contribution in [2.45, 2.75) is 81.1 Å². The molecule has 0 aliphatic rings. The Bertz CT molecular complexity index is 687. The highest BCUT2D eigenvalue weighted by molar-refractivity contribution is 5.99. The standard InChI is InChI=1S/C25H39NO2/c1-10-12-23(19(6)15-20(7)24(28)14-13-21(8)27)25(22(9)17(3)4)26-16-18(5)11-2/h12,15-18H,7,10-11,13-14H2,1-6,8-9H3/b19-15+,23-12+,25-22?,26-16?. The van der Waals surface area contributed by atoms with E-state index >= 15 is 0 Å². The second kappa shape index (κ2) is 13.2. The van der Waals surface area contributed by atoms with Crippen molar-refractivity contribution >= 4 is 17.8 Å². The van der Waals surface area contributed by atoms with E-state index in [-0.39, 0.29) is 24.4 Å². The lowest BCUT2D eigenvalue weighted by atomic mass is 9.93. The fourth-order valence-corrected chi connectivity index (χ4v) is 2.48. The first-order valence-corrected chi connectivity index (χ1v) is 10.4. The molecule has 0 aromatic heterocycles. The Hall–Kier alpha value is -2.03. The third-order valence-corrected chi connectivity index (χ3v) is 4.88. The summed E-state index contributed by atoms with van der Waals surface area (Å²) in [7, 11) is 0. The highest BCUT2D eigenvalue weighted by Gasteiger charge is 2.14. The average Bonchev–Trinajstić information content (AvgIpc) is 2.64. The van der Waals surface area contributed by atoms with Crippen LogP contribution in [0.15, 0.2) is 51.7 Å². The summed E-state index contributed by atoms with van der Waals surface area (Å²) in [4.78, 5) is 28.3. The van der Waals surface area contributed by atoms with Gasteiger partial charge in [0, 0.05) is 24.6 Å². The molecule has 0 saturated carbocycles. The van der Waals surface area contributed by atoms with Crippen molar-refractivity contribution in [3.63, 3.8) is 0 Å². The molecule has 0 spiro atoms. The topological polar surface area (TPSA) is 46.5 Å². The summed E-state index contributed by atoms with van der Waals surface area (Å²) < 4.78 is 0. The van der Waals surface area contributed by atoms with E-state index in [2.05, 4.69) is 54.2 Å². The molecule has 0 N–H and O–H groups in total. The first-order chi connectivity index (χ1) is 13.0. The normalized spacial score (nSPS) is 15.0. The Morgan fingerprint density at radius 1 is 1.04 bits per heavy atom. The Balaban J connectivity index is 5.98. The Morgan fingerprint density at radius 2 is 1.64 bits per heavy atom. The van der Waals surface area contributed by atoms with E-state index in [4.69, 9.17) is 4.99 Å². The van der Waals surface area contributed by atoms with Crippen LogP contribution in [0.5, 0.6) is 0 Å². The molecule has 156 valence electrons.